The molecule has 118 valence electrons. The summed E-state index contributed by atoms with van der Waals surface area (Å²) in [5.74, 6) is -0.404. The second-order valence-electron chi connectivity index (χ2n) is 4.64. The van der Waals surface area contributed by atoms with Crippen molar-refractivity contribution in [3.63, 3.8) is 0 Å². The van der Waals surface area contributed by atoms with E-state index < -0.39 is 20.2 Å². The topological polar surface area (TPSA) is 114 Å². The average molecular weight is 316 g/mol. The minimum absolute atomic E-state index is 0.00694. The zero-order valence-electron chi connectivity index (χ0n) is 12.0. The van der Waals surface area contributed by atoms with E-state index in [0.29, 0.717) is 0 Å². The zero-order valence-corrected chi connectivity index (χ0v) is 13.6. The van der Waals surface area contributed by atoms with Crippen molar-refractivity contribution in [2.24, 2.45) is 11.8 Å². The van der Waals surface area contributed by atoms with Crippen molar-refractivity contribution < 1.29 is 25.9 Å². The first kappa shape index (κ1) is 21.1. The van der Waals surface area contributed by atoms with Gasteiger partial charge in [-0.25, -0.2) is 16.8 Å². The van der Waals surface area contributed by atoms with E-state index in [2.05, 4.69) is 0 Å². The summed E-state index contributed by atoms with van der Waals surface area (Å²) in [4.78, 5) is 0. The molecule has 0 bridgehead atoms. The SMILES string of the molecule is CCC(C)CS(=O)(=O)[O-].CCC(CC)CS(=O)(=O)[O-]. The molecule has 0 fully saturated rings. The van der Waals surface area contributed by atoms with E-state index >= 15 is 0 Å². The van der Waals surface area contributed by atoms with E-state index in [1.54, 1.807) is 6.92 Å². The highest BCUT2D eigenvalue weighted by Crippen LogP contribution is 2.09. The fraction of sp³-hybridized carbons (Fsp3) is 1.00. The quantitative estimate of drug-likeness (QED) is 0.658. The summed E-state index contributed by atoms with van der Waals surface area (Å²) in [5, 5.41) is 0. The molecule has 0 rings (SSSR count). The van der Waals surface area contributed by atoms with Crippen molar-refractivity contribution >= 4 is 20.2 Å². The van der Waals surface area contributed by atoms with Crippen LogP contribution >= 0.6 is 0 Å². The van der Waals surface area contributed by atoms with Crippen molar-refractivity contribution in [2.75, 3.05) is 11.5 Å². The maximum absolute atomic E-state index is 10.2. The molecule has 0 saturated carbocycles. The van der Waals surface area contributed by atoms with Gasteiger partial charge in [-0.3, -0.25) is 0 Å². The third-order valence-corrected chi connectivity index (χ3v) is 4.64. The van der Waals surface area contributed by atoms with Crippen molar-refractivity contribution in [1.82, 2.24) is 0 Å². The van der Waals surface area contributed by atoms with Gasteiger partial charge in [-0.15, -0.1) is 0 Å². The van der Waals surface area contributed by atoms with Gasteiger partial charge in [-0.1, -0.05) is 47.0 Å². The normalized spacial score (nSPS) is 13.8. The fourth-order valence-electron chi connectivity index (χ4n) is 1.28. The molecule has 0 spiro atoms. The van der Waals surface area contributed by atoms with Gasteiger partial charge in [-0.2, -0.15) is 0 Å². The van der Waals surface area contributed by atoms with Gasteiger partial charge in [0, 0.05) is 11.5 Å². The van der Waals surface area contributed by atoms with Crippen LogP contribution in [-0.2, 0) is 20.2 Å². The standard InChI is InChI=1S/C6H14O3S.C5H12O3S/c1-3-6(4-2)5-10(7,8)9;1-3-5(2)4-9(6,7)8/h6H,3-5H2,1-2H3,(H,7,8,9);5H,3-4H2,1-2H3,(H,6,7,8)/p-2. The molecule has 0 heterocycles. The van der Waals surface area contributed by atoms with Crippen molar-refractivity contribution in [3.8, 4) is 0 Å². The summed E-state index contributed by atoms with van der Waals surface area (Å²) in [7, 11) is -7.98. The molecule has 0 aliphatic carbocycles. The highest BCUT2D eigenvalue weighted by molar-refractivity contribution is 7.85. The molecule has 0 saturated heterocycles. The molecule has 0 N–H and O–H groups in total. The molecule has 0 amide bonds. The Hall–Kier alpha value is -0.180. The largest absolute Gasteiger partial charge is 0.748 e. The molecule has 0 radical (unpaired) electrons. The van der Waals surface area contributed by atoms with Crippen LogP contribution in [0.3, 0.4) is 0 Å². The monoisotopic (exact) mass is 316 g/mol. The Labute approximate surface area is 117 Å². The Morgan fingerprint density at radius 1 is 0.789 bits per heavy atom. The summed E-state index contributed by atoms with van der Waals surface area (Å²) in [5.41, 5.74) is 0. The Bertz CT molecular complexity index is 408. The predicted octanol–water partition coefficient (Wildman–Crippen LogP) is 1.55. The molecule has 0 aliphatic rings. The first-order valence-corrected chi connectivity index (χ1v) is 9.47. The van der Waals surface area contributed by atoms with Crippen molar-refractivity contribution in [2.45, 2.75) is 47.0 Å². The maximum Gasteiger partial charge on any atom is 0.0948 e. The molecule has 8 heteroatoms. The van der Waals surface area contributed by atoms with E-state index in [4.69, 9.17) is 0 Å². The van der Waals surface area contributed by atoms with Gasteiger partial charge >= 0.3 is 0 Å². The Balaban J connectivity index is 0. The summed E-state index contributed by atoms with van der Waals surface area (Å²) in [6.07, 6.45) is 2.26. The first-order chi connectivity index (χ1) is 8.45. The van der Waals surface area contributed by atoms with Crippen molar-refractivity contribution in [1.29, 1.82) is 0 Å². The lowest BCUT2D eigenvalue weighted by Gasteiger charge is -2.14. The highest BCUT2D eigenvalue weighted by Gasteiger charge is 2.06. The molecule has 0 aliphatic heterocycles. The lowest BCUT2D eigenvalue weighted by atomic mass is 10.1. The van der Waals surface area contributed by atoms with Gasteiger partial charge in [-0.05, 0) is 11.8 Å². The molecular weight excluding hydrogens is 292 g/mol. The molecule has 0 aromatic carbocycles. The van der Waals surface area contributed by atoms with Gasteiger partial charge in [0.25, 0.3) is 0 Å². The fourth-order valence-corrected chi connectivity index (χ4v) is 3.26. The summed E-state index contributed by atoms with van der Waals surface area (Å²) in [6.45, 7) is 7.38. The van der Waals surface area contributed by atoms with Crippen LogP contribution in [0.1, 0.15) is 47.0 Å². The predicted molar refractivity (Wildman–Crippen MR) is 72.7 cm³/mol. The lowest BCUT2D eigenvalue weighted by molar-refractivity contribution is 0.439. The van der Waals surface area contributed by atoms with E-state index in [1.807, 2.05) is 20.8 Å². The summed E-state index contributed by atoms with van der Waals surface area (Å²) >= 11 is 0. The smallest absolute Gasteiger partial charge is 0.0948 e. The van der Waals surface area contributed by atoms with Crippen molar-refractivity contribution in [3.05, 3.63) is 0 Å². The van der Waals surface area contributed by atoms with Crippen LogP contribution in [0.25, 0.3) is 0 Å². The van der Waals surface area contributed by atoms with Gasteiger partial charge in [0.05, 0.1) is 20.2 Å². The molecular formula is C11H24O6S2-2. The van der Waals surface area contributed by atoms with Crippen LogP contribution in [0, 0.1) is 11.8 Å². The summed E-state index contributed by atoms with van der Waals surface area (Å²) < 4.78 is 60.7. The zero-order chi connectivity index (χ0) is 15.7. The second-order valence-corrected chi connectivity index (χ2v) is 7.54. The van der Waals surface area contributed by atoms with E-state index in [0.717, 1.165) is 19.3 Å². The van der Waals surface area contributed by atoms with E-state index in [1.165, 1.54) is 0 Å². The third kappa shape index (κ3) is 17.8. The summed E-state index contributed by atoms with van der Waals surface area (Å²) in [6, 6.07) is 0. The minimum Gasteiger partial charge on any atom is -0.748 e. The van der Waals surface area contributed by atoms with E-state index in [9.17, 15) is 25.9 Å². The molecule has 0 aromatic rings. The Kier molecular flexibility index (Phi) is 10.8. The van der Waals surface area contributed by atoms with Crippen LogP contribution in [0.5, 0.6) is 0 Å². The van der Waals surface area contributed by atoms with E-state index in [-0.39, 0.29) is 23.3 Å². The lowest BCUT2D eigenvalue weighted by Crippen LogP contribution is -2.13. The van der Waals surface area contributed by atoms with Crippen LogP contribution in [-0.4, -0.2) is 37.4 Å². The highest BCUT2D eigenvalue weighted by atomic mass is 32.2. The third-order valence-electron chi connectivity index (χ3n) is 2.78. The minimum atomic E-state index is -4.00. The average Bonchev–Trinajstić information content (AvgIpc) is 2.23. The Morgan fingerprint density at radius 2 is 1.16 bits per heavy atom. The Morgan fingerprint density at radius 3 is 1.26 bits per heavy atom. The molecule has 6 nitrogen and oxygen atoms in total. The molecule has 1 atom stereocenters. The molecule has 0 aromatic heterocycles. The van der Waals surface area contributed by atoms with Crippen LogP contribution < -0.4 is 0 Å². The first-order valence-electron chi connectivity index (χ1n) is 6.32. The van der Waals surface area contributed by atoms with Crippen LogP contribution in [0.15, 0.2) is 0 Å². The van der Waals surface area contributed by atoms with Crippen LogP contribution in [0.4, 0.5) is 0 Å². The van der Waals surface area contributed by atoms with Crippen LogP contribution in [0.2, 0.25) is 0 Å². The second kappa shape index (κ2) is 9.68. The van der Waals surface area contributed by atoms with Gasteiger partial charge in [0.2, 0.25) is 0 Å². The number of hydrogen-bond donors (Lipinski definition) is 0. The molecule has 1 unspecified atom stereocenters. The van der Waals surface area contributed by atoms with Gasteiger partial charge in [0.1, 0.15) is 0 Å². The molecule has 19 heavy (non-hydrogen) atoms. The maximum atomic E-state index is 10.2. The van der Waals surface area contributed by atoms with Gasteiger partial charge < -0.3 is 9.11 Å². The number of rotatable bonds is 7. The number of hydrogen-bond acceptors (Lipinski definition) is 6. The van der Waals surface area contributed by atoms with Gasteiger partial charge in [0.15, 0.2) is 0 Å².